The second kappa shape index (κ2) is 9.41. The van der Waals surface area contributed by atoms with Crippen molar-refractivity contribution in [3.8, 4) is 11.1 Å². The van der Waals surface area contributed by atoms with Gasteiger partial charge < -0.3 is 5.32 Å². The van der Waals surface area contributed by atoms with E-state index in [9.17, 15) is 13.4 Å². The van der Waals surface area contributed by atoms with Crippen molar-refractivity contribution in [2.75, 3.05) is 0 Å². The zero-order chi connectivity index (χ0) is 23.5. The molecule has 3 aromatic carbocycles. The quantitative estimate of drug-likeness (QED) is 0.365. The van der Waals surface area contributed by atoms with Gasteiger partial charge in [0.1, 0.15) is 5.82 Å². The van der Waals surface area contributed by atoms with E-state index in [-0.39, 0.29) is 11.7 Å². The zero-order valence-electron chi connectivity index (χ0n) is 18.0. The number of nitrogens with one attached hydrogen (secondary N) is 1. The number of aromatic nitrogens is 2. The van der Waals surface area contributed by atoms with Crippen molar-refractivity contribution < 1.29 is 13.4 Å². The summed E-state index contributed by atoms with van der Waals surface area (Å²) in [5.74, 6) is -0.575. The molecule has 168 valence electrons. The van der Waals surface area contributed by atoms with Crippen LogP contribution in [0.15, 0.2) is 108 Å². The maximum atomic E-state index is 13.5. The van der Waals surface area contributed by atoms with Gasteiger partial charge in [-0.2, -0.15) is 0 Å². The normalized spacial score (nSPS) is 11.9. The molecule has 1 amide bonds. The molecule has 5 nitrogen and oxygen atoms in total. The van der Waals surface area contributed by atoms with Gasteiger partial charge in [0.25, 0.3) is 5.91 Å². The van der Waals surface area contributed by atoms with E-state index in [4.69, 9.17) is 0 Å². The fraction of sp³-hybridized carbons (Fsp3) is 0.0370. The number of pyridine rings is 1. The molecule has 34 heavy (non-hydrogen) atoms. The topological polar surface area (TPSA) is 64.0 Å². The first kappa shape index (κ1) is 21.7. The van der Waals surface area contributed by atoms with Crippen molar-refractivity contribution in [2.45, 2.75) is 11.4 Å². The van der Waals surface area contributed by atoms with Crippen molar-refractivity contribution in [2.24, 2.45) is 0 Å². The number of nitrogens with zero attached hydrogens (tertiary/aromatic N) is 2. The summed E-state index contributed by atoms with van der Waals surface area (Å²) in [4.78, 5) is 17.3. The third-order valence-electron chi connectivity index (χ3n) is 5.51. The minimum Gasteiger partial charge on any atom is -0.348 e. The lowest BCUT2D eigenvalue weighted by Gasteiger charge is -2.08. The highest BCUT2D eigenvalue weighted by Gasteiger charge is 2.16. The molecule has 0 aliphatic heterocycles. The van der Waals surface area contributed by atoms with Crippen molar-refractivity contribution in [1.82, 2.24) is 14.3 Å². The Kier molecular flexibility index (Phi) is 6.01. The van der Waals surface area contributed by atoms with E-state index in [1.165, 1.54) is 12.1 Å². The number of benzene rings is 3. The number of carbonyl (C=O) groups is 1. The van der Waals surface area contributed by atoms with Gasteiger partial charge in [-0.15, -0.1) is 0 Å². The van der Waals surface area contributed by atoms with Crippen LogP contribution in [-0.2, 0) is 17.5 Å². The van der Waals surface area contributed by atoms with Crippen molar-refractivity contribution in [3.05, 3.63) is 120 Å². The summed E-state index contributed by atoms with van der Waals surface area (Å²) in [5.41, 5.74) is 4.00. The summed E-state index contributed by atoms with van der Waals surface area (Å²) >= 11 is 0. The van der Waals surface area contributed by atoms with Crippen LogP contribution in [0.4, 0.5) is 4.39 Å². The molecule has 2 heterocycles. The molecule has 0 radical (unpaired) electrons. The number of hydrogen-bond acceptors (Lipinski definition) is 3. The SMILES string of the molecule is O=C(NCc1ccc(F)cc1)c1ccc(S(=O)n2cc(-c3cccnc3)c3ccccc32)cc1. The minimum absolute atomic E-state index is 0.257. The summed E-state index contributed by atoms with van der Waals surface area (Å²) in [7, 11) is -1.50. The summed E-state index contributed by atoms with van der Waals surface area (Å²) in [6, 6.07) is 24.3. The van der Waals surface area contributed by atoms with E-state index < -0.39 is 11.0 Å². The molecular formula is C27H20FN3O2S. The maximum absolute atomic E-state index is 13.5. The number of halogens is 1. The average molecular weight is 470 g/mol. The van der Waals surface area contributed by atoms with Gasteiger partial charge in [-0.05, 0) is 54.1 Å². The van der Waals surface area contributed by atoms with Gasteiger partial charge in [-0.1, -0.05) is 36.4 Å². The average Bonchev–Trinajstić information content (AvgIpc) is 3.28. The molecule has 0 spiro atoms. The molecule has 0 fully saturated rings. The van der Waals surface area contributed by atoms with E-state index >= 15 is 0 Å². The first-order valence-electron chi connectivity index (χ1n) is 10.7. The monoisotopic (exact) mass is 469 g/mol. The van der Waals surface area contributed by atoms with Gasteiger partial charge in [-0.3, -0.25) is 13.8 Å². The van der Waals surface area contributed by atoms with Crippen molar-refractivity contribution in [1.29, 1.82) is 0 Å². The summed E-state index contributed by atoms with van der Waals surface area (Å²) in [6.45, 7) is 0.291. The zero-order valence-corrected chi connectivity index (χ0v) is 18.8. The molecule has 7 heteroatoms. The third-order valence-corrected chi connectivity index (χ3v) is 6.85. The van der Waals surface area contributed by atoms with E-state index in [1.54, 1.807) is 52.8 Å². The van der Waals surface area contributed by atoms with Crippen LogP contribution in [0.2, 0.25) is 0 Å². The lowest BCUT2D eigenvalue weighted by Crippen LogP contribution is -2.22. The smallest absolute Gasteiger partial charge is 0.251 e. The predicted molar refractivity (Wildman–Crippen MR) is 131 cm³/mol. The predicted octanol–water partition coefficient (Wildman–Crippen LogP) is 5.34. The van der Waals surface area contributed by atoms with Gasteiger partial charge in [0.05, 0.1) is 10.4 Å². The van der Waals surface area contributed by atoms with Crippen LogP contribution in [0.25, 0.3) is 22.0 Å². The molecule has 1 N–H and O–H groups in total. The van der Waals surface area contributed by atoms with Crippen LogP contribution in [0.1, 0.15) is 15.9 Å². The highest BCUT2D eigenvalue weighted by Crippen LogP contribution is 2.31. The van der Waals surface area contributed by atoms with Gasteiger partial charge in [-0.25, -0.2) is 8.60 Å². The van der Waals surface area contributed by atoms with Crippen molar-refractivity contribution >= 4 is 27.8 Å². The Labute approximate surface area is 198 Å². The first-order chi connectivity index (χ1) is 16.6. The number of amides is 1. The van der Waals surface area contributed by atoms with Gasteiger partial charge in [0.2, 0.25) is 0 Å². The molecule has 2 aromatic heterocycles. The lowest BCUT2D eigenvalue weighted by molar-refractivity contribution is 0.0951. The second-order valence-corrected chi connectivity index (χ2v) is 9.07. The standard InChI is InChI=1S/C27H20FN3O2S/c28-22-11-7-19(8-12-22)16-30-27(32)20-9-13-23(14-10-20)34(33)31-18-25(21-4-3-15-29-17-21)24-5-1-2-6-26(24)31/h1-15,17-18H,16H2,(H,30,32). The maximum Gasteiger partial charge on any atom is 0.251 e. The Bertz CT molecular complexity index is 1480. The number of rotatable bonds is 6. The molecule has 0 aliphatic rings. The molecule has 5 rings (SSSR count). The van der Waals surface area contributed by atoms with Crippen LogP contribution in [0.3, 0.4) is 0 Å². The van der Waals surface area contributed by atoms with Crippen LogP contribution in [0, 0.1) is 5.82 Å². The van der Waals surface area contributed by atoms with Crippen LogP contribution >= 0.6 is 0 Å². The van der Waals surface area contributed by atoms with Crippen molar-refractivity contribution in [3.63, 3.8) is 0 Å². The molecule has 0 bridgehead atoms. The number of para-hydroxylation sites is 1. The molecule has 0 aliphatic carbocycles. The number of fused-ring (bicyclic) bond motifs is 1. The largest absolute Gasteiger partial charge is 0.348 e. The van der Waals surface area contributed by atoms with E-state index in [1.807, 2.05) is 42.6 Å². The van der Waals surface area contributed by atoms with Gasteiger partial charge in [0, 0.05) is 47.2 Å². The Morgan fingerprint density at radius 3 is 2.44 bits per heavy atom. The molecule has 5 aromatic rings. The lowest BCUT2D eigenvalue weighted by atomic mass is 10.1. The highest BCUT2D eigenvalue weighted by atomic mass is 32.2. The minimum atomic E-state index is -1.50. The molecular weight excluding hydrogens is 449 g/mol. The van der Waals surface area contributed by atoms with Gasteiger partial charge >= 0.3 is 0 Å². The molecule has 0 saturated heterocycles. The molecule has 1 atom stereocenters. The summed E-state index contributed by atoms with van der Waals surface area (Å²) < 4.78 is 28.2. The second-order valence-electron chi connectivity index (χ2n) is 7.71. The summed E-state index contributed by atoms with van der Waals surface area (Å²) in [5, 5.41) is 3.80. The number of hydrogen-bond donors (Lipinski definition) is 1. The molecule has 1 unspecified atom stereocenters. The van der Waals surface area contributed by atoms with Crippen LogP contribution in [-0.4, -0.2) is 19.1 Å². The molecule has 0 saturated carbocycles. The van der Waals surface area contributed by atoms with E-state index in [0.29, 0.717) is 17.0 Å². The van der Waals surface area contributed by atoms with Crippen LogP contribution in [0.5, 0.6) is 0 Å². The Morgan fingerprint density at radius 1 is 0.941 bits per heavy atom. The Hall–Kier alpha value is -4.10. The van der Waals surface area contributed by atoms with Crippen LogP contribution < -0.4 is 5.32 Å². The fourth-order valence-electron chi connectivity index (χ4n) is 3.76. The van der Waals surface area contributed by atoms with Gasteiger partial charge in [0.15, 0.2) is 11.0 Å². The van der Waals surface area contributed by atoms with E-state index in [0.717, 1.165) is 27.6 Å². The Morgan fingerprint density at radius 2 is 1.71 bits per heavy atom. The fourth-order valence-corrected chi connectivity index (χ4v) is 4.90. The van der Waals surface area contributed by atoms with E-state index in [2.05, 4.69) is 10.3 Å². The third kappa shape index (κ3) is 4.38. The highest BCUT2D eigenvalue weighted by molar-refractivity contribution is 7.83. The Balaban J connectivity index is 1.37. The summed E-state index contributed by atoms with van der Waals surface area (Å²) in [6.07, 6.45) is 5.38. The number of carbonyl (C=O) groups excluding carboxylic acids is 1. The first-order valence-corrected chi connectivity index (χ1v) is 11.8.